The Labute approximate surface area is 314 Å². The van der Waals surface area contributed by atoms with Crippen molar-refractivity contribution in [3.8, 4) is 0 Å². The molecule has 0 aliphatic carbocycles. The standard InChI is InChI=1S/C39H62N8O6/c1-6-21-46(22-14-23-47(41)39(52)53)38(51)32(19-13-20-42-28(4)5)43-36(49)33(24-27(2)3)45-37(50)34(26-30-17-11-8-12-18-30)44-35(48)31(40)25-29-15-9-7-10-16-29/h7-12,15-18,27-28,31-34,42H,6,13-14,19-26,40-41H2,1-5H3,(H,43,49)(H,44,48)(H,45,50)(H,52,53)/t31-,32-,33-,34-/m1/s1. The second-order valence-corrected chi connectivity index (χ2v) is 14.2. The maximum absolute atomic E-state index is 14.0. The summed E-state index contributed by atoms with van der Waals surface area (Å²) in [6, 6.07) is 15.0. The van der Waals surface area contributed by atoms with E-state index in [9.17, 15) is 24.0 Å². The number of carboxylic acid groups (broad SMARTS) is 1. The van der Waals surface area contributed by atoms with Crippen LogP contribution in [-0.2, 0) is 32.0 Å². The average molecular weight is 739 g/mol. The third-order valence-corrected chi connectivity index (χ3v) is 8.61. The summed E-state index contributed by atoms with van der Waals surface area (Å²) >= 11 is 0. The quantitative estimate of drug-likeness (QED) is 0.0365. The van der Waals surface area contributed by atoms with Crippen LogP contribution in [0.15, 0.2) is 60.7 Å². The van der Waals surface area contributed by atoms with Crippen LogP contribution in [0.4, 0.5) is 4.79 Å². The Kier molecular flexibility index (Phi) is 20.1. The second-order valence-electron chi connectivity index (χ2n) is 14.2. The van der Waals surface area contributed by atoms with Gasteiger partial charge in [-0.15, -0.1) is 0 Å². The summed E-state index contributed by atoms with van der Waals surface area (Å²) in [7, 11) is 0. The van der Waals surface area contributed by atoms with Crippen LogP contribution in [0.25, 0.3) is 0 Å². The Balaban J connectivity index is 2.29. The third-order valence-electron chi connectivity index (χ3n) is 8.61. The number of rotatable bonds is 24. The van der Waals surface area contributed by atoms with E-state index in [4.69, 9.17) is 16.7 Å². The van der Waals surface area contributed by atoms with Gasteiger partial charge in [0.1, 0.15) is 18.1 Å². The molecule has 2 aromatic carbocycles. The molecule has 53 heavy (non-hydrogen) atoms. The van der Waals surface area contributed by atoms with Crippen molar-refractivity contribution in [3.05, 3.63) is 71.8 Å². The number of amides is 5. The van der Waals surface area contributed by atoms with E-state index in [0.717, 1.165) is 11.1 Å². The lowest BCUT2D eigenvalue weighted by molar-refractivity contribution is -0.138. The molecule has 0 bridgehead atoms. The topological polar surface area (TPSA) is 212 Å². The Morgan fingerprint density at radius 2 is 1.26 bits per heavy atom. The first-order valence-corrected chi connectivity index (χ1v) is 18.7. The van der Waals surface area contributed by atoms with Crippen LogP contribution in [-0.4, -0.2) is 101 Å². The number of nitrogens with one attached hydrogen (secondary N) is 4. The van der Waals surface area contributed by atoms with Crippen molar-refractivity contribution < 1.29 is 29.1 Å². The summed E-state index contributed by atoms with van der Waals surface area (Å²) in [5, 5.41) is 21.8. The highest BCUT2D eigenvalue weighted by Crippen LogP contribution is 2.12. The lowest BCUT2D eigenvalue weighted by Gasteiger charge is -2.30. The highest BCUT2D eigenvalue weighted by atomic mass is 16.4. The molecule has 0 aliphatic rings. The average Bonchev–Trinajstić information content (AvgIpc) is 3.11. The molecule has 0 fully saturated rings. The van der Waals surface area contributed by atoms with Gasteiger partial charge in [0.2, 0.25) is 23.6 Å². The fraction of sp³-hybridized carbons (Fsp3) is 0.564. The van der Waals surface area contributed by atoms with Gasteiger partial charge in [-0.25, -0.2) is 15.6 Å². The van der Waals surface area contributed by atoms with Crippen molar-refractivity contribution in [3.63, 3.8) is 0 Å². The zero-order chi connectivity index (χ0) is 39.3. The predicted octanol–water partition coefficient (Wildman–Crippen LogP) is 2.56. The first kappa shape index (κ1) is 44.6. The van der Waals surface area contributed by atoms with E-state index in [-0.39, 0.29) is 50.2 Å². The second kappa shape index (κ2) is 23.9. The van der Waals surface area contributed by atoms with Crippen molar-refractivity contribution >= 4 is 29.7 Å². The number of benzene rings is 2. The molecule has 9 N–H and O–H groups in total. The van der Waals surface area contributed by atoms with Crippen LogP contribution in [0.3, 0.4) is 0 Å². The van der Waals surface area contributed by atoms with Gasteiger partial charge in [0.05, 0.1) is 6.04 Å². The number of nitrogens with zero attached hydrogens (tertiary/aromatic N) is 2. The molecule has 0 saturated carbocycles. The zero-order valence-corrected chi connectivity index (χ0v) is 32.1. The number of hydrogen-bond donors (Lipinski definition) is 7. The van der Waals surface area contributed by atoms with Crippen molar-refractivity contribution in [2.75, 3.05) is 26.2 Å². The van der Waals surface area contributed by atoms with Crippen LogP contribution in [0.1, 0.15) is 77.8 Å². The summed E-state index contributed by atoms with van der Waals surface area (Å²) in [6.45, 7) is 11.2. The van der Waals surface area contributed by atoms with Gasteiger partial charge in [-0.05, 0) is 62.1 Å². The molecule has 0 aromatic heterocycles. The summed E-state index contributed by atoms with van der Waals surface area (Å²) in [5.41, 5.74) is 7.97. The van der Waals surface area contributed by atoms with Crippen molar-refractivity contribution in [2.24, 2.45) is 17.5 Å². The minimum Gasteiger partial charge on any atom is -0.464 e. The van der Waals surface area contributed by atoms with E-state index in [1.807, 2.05) is 95.3 Å². The third kappa shape index (κ3) is 17.2. The summed E-state index contributed by atoms with van der Waals surface area (Å²) in [6.07, 6.45) is 1.39. The summed E-state index contributed by atoms with van der Waals surface area (Å²) in [5.74, 6) is 3.70. The van der Waals surface area contributed by atoms with Gasteiger partial charge in [-0.3, -0.25) is 19.2 Å². The molecule has 2 aromatic rings. The number of carbonyl (C=O) groups excluding carboxylic acids is 4. The smallest absolute Gasteiger partial charge is 0.421 e. The van der Waals surface area contributed by atoms with Gasteiger partial charge in [0, 0.05) is 32.1 Å². The fourth-order valence-corrected chi connectivity index (χ4v) is 5.85. The molecule has 4 atom stereocenters. The lowest BCUT2D eigenvalue weighted by Crippen LogP contribution is -2.59. The van der Waals surface area contributed by atoms with E-state index in [1.54, 1.807) is 4.90 Å². The maximum Gasteiger partial charge on any atom is 0.421 e. The number of hydrazine groups is 1. The maximum atomic E-state index is 14.0. The van der Waals surface area contributed by atoms with Crippen molar-refractivity contribution in [2.45, 2.75) is 110 Å². The Hall–Kier alpha value is -4.53. The molecular formula is C39H62N8O6. The van der Waals surface area contributed by atoms with Gasteiger partial charge in [0.15, 0.2) is 0 Å². The summed E-state index contributed by atoms with van der Waals surface area (Å²) in [4.78, 5) is 68.1. The minimum atomic E-state index is -1.26. The number of carbonyl (C=O) groups is 5. The first-order valence-electron chi connectivity index (χ1n) is 18.7. The molecule has 14 heteroatoms. The van der Waals surface area contributed by atoms with Gasteiger partial charge in [-0.1, -0.05) is 95.3 Å². The van der Waals surface area contributed by atoms with E-state index in [1.165, 1.54) is 0 Å². The van der Waals surface area contributed by atoms with E-state index < -0.39 is 48.0 Å². The molecule has 0 aliphatic heterocycles. The van der Waals surface area contributed by atoms with E-state index in [2.05, 4.69) is 21.3 Å². The van der Waals surface area contributed by atoms with Crippen LogP contribution >= 0.6 is 0 Å². The normalized spacial score (nSPS) is 13.5. The first-order chi connectivity index (χ1) is 25.2. The van der Waals surface area contributed by atoms with E-state index in [0.29, 0.717) is 43.8 Å². The van der Waals surface area contributed by atoms with Gasteiger partial charge in [-0.2, -0.15) is 0 Å². The van der Waals surface area contributed by atoms with Gasteiger partial charge >= 0.3 is 6.09 Å². The largest absolute Gasteiger partial charge is 0.464 e. The SMILES string of the molecule is CCCN(CCCN(N)C(=O)O)C(=O)[C@@H](CCCNC(C)C)NC(=O)[C@@H](CC(C)C)NC(=O)[C@@H](Cc1ccccc1)NC(=O)[C@H](N)Cc1ccccc1. The number of nitrogens with two attached hydrogens (primary N) is 2. The fourth-order valence-electron chi connectivity index (χ4n) is 5.85. The van der Waals surface area contributed by atoms with Crippen LogP contribution in [0, 0.1) is 5.92 Å². The zero-order valence-electron chi connectivity index (χ0n) is 32.1. The number of hydrogen-bond acceptors (Lipinski definition) is 8. The Bertz CT molecular complexity index is 1410. The van der Waals surface area contributed by atoms with Crippen LogP contribution < -0.4 is 32.8 Å². The van der Waals surface area contributed by atoms with Crippen LogP contribution in [0.2, 0.25) is 0 Å². The molecule has 5 amide bonds. The Morgan fingerprint density at radius 3 is 1.81 bits per heavy atom. The predicted molar refractivity (Wildman–Crippen MR) is 206 cm³/mol. The highest BCUT2D eigenvalue weighted by Gasteiger charge is 2.32. The van der Waals surface area contributed by atoms with Crippen LogP contribution in [0.5, 0.6) is 0 Å². The monoisotopic (exact) mass is 738 g/mol. The van der Waals surface area contributed by atoms with Gasteiger partial charge in [0.25, 0.3) is 0 Å². The molecule has 0 heterocycles. The highest BCUT2D eigenvalue weighted by molar-refractivity contribution is 5.95. The summed E-state index contributed by atoms with van der Waals surface area (Å²) < 4.78 is 0. The lowest BCUT2D eigenvalue weighted by atomic mass is 9.99. The molecule has 2 rings (SSSR count). The molecule has 0 unspecified atom stereocenters. The van der Waals surface area contributed by atoms with E-state index >= 15 is 0 Å². The van der Waals surface area contributed by atoms with Crippen molar-refractivity contribution in [1.29, 1.82) is 0 Å². The molecule has 0 radical (unpaired) electrons. The Morgan fingerprint density at radius 1 is 0.717 bits per heavy atom. The van der Waals surface area contributed by atoms with Gasteiger partial charge < -0.3 is 37.0 Å². The van der Waals surface area contributed by atoms with Crippen molar-refractivity contribution in [1.82, 2.24) is 31.2 Å². The molecule has 294 valence electrons. The molecular weight excluding hydrogens is 676 g/mol. The minimum absolute atomic E-state index is 0.00179. The molecule has 14 nitrogen and oxygen atoms in total. The molecule has 0 spiro atoms. The molecule has 0 saturated heterocycles.